The maximum atomic E-state index is 11.9. The first-order valence-electron chi connectivity index (χ1n) is 6.05. The summed E-state index contributed by atoms with van der Waals surface area (Å²) >= 11 is 3.40. The number of aryl methyl sites for hydroxylation is 1. The number of nitrogens with two attached hydrogens (primary N) is 1. The molecule has 0 heterocycles. The topological polar surface area (TPSA) is 58.4 Å². The van der Waals surface area contributed by atoms with E-state index < -0.39 is 0 Å². The Morgan fingerprint density at radius 1 is 1.39 bits per heavy atom. The van der Waals surface area contributed by atoms with Gasteiger partial charge in [-0.1, -0.05) is 29.8 Å². The van der Waals surface area contributed by atoms with Gasteiger partial charge in [0.25, 0.3) is 0 Å². The molecule has 0 atom stereocenters. The van der Waals surface area contributed by atoms with Crippen LogP contribution in [-0.4, -0.2) is 30.4 Å². The third kappa shape index (κ3) is 3.99. The van der Waals surface area contributed by atoms with Gasteiger partial charge in [-0.2, -0.15) is 0 Å². The number of nitrogen functional groups attached to an aromatic ring is 1. The number of nitrogens with one attached hydrogen (secondary N) is 1. The molecule has 0 unspecified atom stereocenters. The van der Waals surface area contributed by atoms with Crippen molar-refractivity contribution in [2.24, 2.45) is 0 Å². The molecular weight excluding hydrogens is 294 g/mol. The highest BCUT2D eigenvalue weighted by molar-refractivity contribution is 9.10. The largest absolute Gasteiger partial charge is 0.397 e. The summed E-state index contributed by atoms with van der Waals surface area (Å²) in [5.41, 5.74) is 8.18. The molecular formula is C13H20BrN3O. The predicted molar refractivity (Wildman–Crippen MR) is 79.7 cm³/mol. The molecule has 1 aromatic carbocycles. The molecule has 0 spiro atoms. The van der Waals surface area contributed by atoms with Gasteiger partial charge in [0.15, 0.2) is 0 Å². The second-order valence-electron chi connectivity index (χ2n) is 4.19. The molecule has 0 fully saturated rings. The Bertz CT molecular complexity index is 430. The third-order valence-electron chi connectivity index (χ3n) is 2.89. The fourth-order valence-electron chi connectivity index (χ4n) is 1.70. The van der Waals surface area contributed by atoms with E-state index in [2.05, 4.69) is 26.1 Å². The number of anilines is 2. The number of halogens is 1. The Balaban J connectivity index is 2.76. The van der Waals surface area contributed by atoms with Crippen LogP contribution in [0.25, 0.3) is 0 Å². The van der Waals surface area contributed by atoms with Crippen molar-refractivity contribution in [2.45, 2.75) is 20.8 Å². The highest BCUT2D eigenvalue weighted by atomic mass is 79.9. The Kier molecular flexibility index (Phi) is 5.62. The van der Waals surface area contributed by atoms with Gasteiger partial charge in [-0.05, 0) is 37.7 Å². The van der Waals surface area contributed by atoms with Gasteiger partial charge in [0.2, 0.25) is 5.91 Å². The maximum Gasteiger partial charge on any atom is 0.238 e. The van der Waals surface area contributed by atoms with Crippen molar-refractivity contribution in [3.05, 3.63) is 22.2 Å². The van der Waals surface area contributed by atoms with E-state index in [1.165, 1.54) is 0 Å². The smallest absolute Gasteiger partial charge is 0.238 e. The number of rotatable bonds is 5. The monoisotopic (exact) mass is 313 g/mol. The zero-order valence-electron chi connectivity index (χ0n) is 11.1. The summed E-state index contributed by atoms with van der Waals surface area (Å²) in [7, 11) is 0. The van der Waals surface area contributed by atoms with E-state index in [1.807, 2.05) is 32.9 Å². The zero-order chi connectivity index (χ0) is 13.7. The summed E-state index contributed by atoms with van der Waals surface area (Å²) in [5, 5.41) is 2.86. The quantitative estimate of drug-likeness (QED) is 0.822. The van der Waals surface area contributed by atoms with Gasteiger partial charge in [-0.25, -0.2) is 0 Å². The molecule has 0 aromatic heterocycles. The van der Waals surface area contributed by atoms with Crippen LogP contribution in [-0.2, 0) is 4.79 Å². The average molecular weight is 314 g/mol. The molecule has 3 N–H and O–H groups in total. The Morgan fingerprint density at radius 2 is 2.00 bits per heavy atom. The lowest BCUT2D eigenvalue weighted by Crippen LogP contribution is -2.33. The number of hydrogen-bond acceptors (Lipinski definition) is 3. The fraction of sp³-hybridized carbons (Fsp3) is 0.462. The molecule has 0 bridgehead atoms. The average Bonchev–Trinajstić information content (AvgIpc) is 2.32. The van der Waals surface area contributed by atoms with E-state index in [9.17, 15) is 4.79 Å². The summed E-state index contributed by atoms with van der Waals surface area (Å²) in [6.45, 7) is 8.09. The second kappa shape index (κ2) is 6.75. The minimum absolute atomic E-state index is 0.0390. The van der Waals surface area contributed by atoms with E-state index >= 15 is 0 Å². The van der Waals surface area contributed by atoms with Crippen LogP contribution in [0.1, 0.15) is 19.4 Å². The Labute approximate surface area is 117 Å². The minimum Gasteiger partial charge on any atom is -0.397 e. The van der Waals surface area contributed by atoms with Crippen LogP contribution in [0.15, 0.2) is 16.6 Å². The third-order valence-corrected chi connectivity index (χ3v) is 3.35. The van der Waals surface area contributed by atoms with Crippen molar-refractivity contribution in [1.29, 1.82) is 0 Å². The molecule has 100 valence electrons. The number of benzene rings is 1. The minimum atomic E-state index is -0.0390. The van der Waals surface area contributed by atoms with E-state index in [0.717, 1.165) is 23.1 Å². The van der Waals surface area contributed by atoms with Gasteiger partial charge in [0, 0.05) is 4.47 Å². The summed E-state index contributed by atoms with van der Waals surface area (Å²) in [6.07, 6.45) is 0. The number of amides is 1. The summed E-state index contributed by atoms with van der Waals surface area (Å²) in [6, 6.07) is 3.75. The molecule has 4 nitrogen and oxygen atoms in total. The standard InChI is InChI=1S/C13H20BrN3O/c1-4-17(5-2)8-12(18)16-11-7-10(14)6-9(3)13(11)15/h6-7H,4-5,8,15H2,1-3H3,(H,16,18). The van der Waals surface area contributed by atoms with E-state index in [0.29, 0.717) is 17.9 Å². The predicted octanol–water partition coefficient (Wildman–Crippen LogP) is 2.62. The lowest BCUT2D eigenvalue weighted by atomic mass is 10.1. The molecule has 18 heavy (non-hydrogen) atoms. The molecule has 0 aliphatic rings. The van der Waals surface area contributed by atoms with Crippen molar-refractivity contribution < 1.29 is 4.79 Å². The van der Waals surface area contributed by atoms with Crippen molar-refractivity contribution in [3.8, 4) is 0 Å². The van der Waals surface area contributed by atoms with Crippen LogP contribution in [0.2, 0.25) is 0 Å². The van der Waals surface area contributed by atoms with Crippen LogP contribution in [0.4, 0.5) is 11.4 Å². The van der Waals surface area contributed by atoms with Crippen molar-refractivity contribution in [3.63, 3.8) is 0 Å². The Hall–Kier alpha value is -1.07. The maximum absolute atomic E-state index is 11.9. The van der Waals surface area contributed by atoms with E-state index in [1.54, 1.807) is 0 Å². The van der Waals surface area contributed by atoms with Crippen LogP contribution in [0.5, 0.6) is 0 Å². The van der Waals surface area contributed by atoms with Crippen LogP contribution in [0, 0.1) is 6.92 Å². The van der Waals surface area contributed by atoms with E-state index in [4.69, 9.17) is 5.73 Å². The van der Waals surface area contributed by atoms with Crippen molar-refractivity contribution in [1.82, 2.24) is 4.90 Å². The van der Waals surface area contributed by atoms with Gasteiger partial charge in [-0.15, -0.1) is 0 Å². The molecule has 5 heteroatoms. The SMILES string of the molecule is CCN(CC)CC(=O)Nc1cc(Br)cc(C)c1N. The van der Waals surface area contributed by atoms with Crippen molar-refractivity contribution >= 4 is 33.2 Å². The molecule has 0 saturated carbocycles. The van der Waals surface area contributed by atoms with Crippen LogP contribution < -0.4 is 11.1 Å². The number of nitrogens with zero attached hydrogens (tertiary/aromatic N) is 1. The molecule has 1 rings (SSSR count). The van der Waals surface area contributed by atoms with Gasteiger partial charge in [0.05, 0.1) is 17.9 Å². The van der Waals surface area contributed by atoms with Gasteiger partial charge >= 0.3 is 0 Å². The zero-order valence-corrected chi connectivity index (χ0v) is 12.7. The first-order valence-corrected chi connectivity index (χ1v) is 6.85. The van der Waals surface area contributed by atoms with Crippen LogP contribution in [0.3, 0.4) is 0 Å². The number of carbonyl (C=O) groups is 1. The van der Waals surface area contributed by atoms with Gasteiger partial charge in [0.1, 0.15) is 0 Å². The van der Waals surface area contributed by atoms with Gasteiger partial charge in [-0.3, -0.25) is 9.69 Å². The number of likely N-dealkylation sites (N-methyl/N-ethyl adjacent to an activating group) is 1. The van der Waals surface area contributed by atoms with E-state index in [-0.39, 0.29) is 5.91 Å². The van der Waals surface area contributed by atoms with Gasteiger partial charge < -0.3 is 11.1 Å². The molecule has 0 aliphatic carbocycles. The lowest BCUT2D eigenvalue weighted by molar-refractivity contribution is -0.117. The van der Waals surface area contributed by atoms with Crippen molar-refractivity contribution in [2.75, 3.05) is 30.7 Å². The molecule has 0 aliphatic heterocycles. The summed E-state index contributed by atoms with van der Waals surface area (Å²) in [5.74, 6) is -0.0390. The summed E-state index contributed by atoms with van der Waals surface area (Å²) in [4.78, 5) is 13.9. The number of hydrogen-bond donors (Lipinski definition) is 2. The molecule has 0 radical (unpaired) electrons. The fourth-order valence-corrected chi connectivity index (χ4v) is 2.27. The number of carbonyl (C=O) groups excluding carboxylic acids is 1. The second-order valence-corrected chi connectivity index (χ2v) is 5.11. The first-order chi connectivity index (χ1) is 8.47. The molecule has 1 aromatic rings. The Morgan fingerprint density at radius 3 is 2.56 bits per heavy atom. The highest BCUT2D eigenvalue weighted by Crippen LogP contribution is 2.27. The normalized spacial score (nSPS) is 10.7. The molecule has 0 saturated heterocycles. The highest BCUT2D eigenvalue weighted by Gasteiger charge is 2.10. The lowest BCUT2D eigenvalue weighted by Gasteiger charge is -2.18. The summed E-state index contributed by atoms with van der Waals surface area (Å²) < 4.78 is 0.910. The van der Waals surface area contributed by atoms with Crippen LogP contribution >= 0.6 is 15.9 Å². The molecule has 1 amide bonds. The first kappa shape index (κ1) is 15.0.